The minimum Gasteiger partial charge on any atom is -0.337 e. The van der Waals surface area contributed by atoms with E-state index in [0.717, 1.165) is 15.2 Å². The van der Waals surface area contributed by atoms with E-state index in [2.05, 4.69) is 20.9 Å². The van der Waals surface area contributed by atoms with E-state index in [4.69, 9.17) is 0 Å². The summed E-state index contributed by atoms with van der Waals surface area (Å²) in [6.07, 6.45) is 1.07. The highest BCUT2D eigenvalue weighted by atomic mass is 79.9. The number of fused-ring (bicyclic) bond motifs is 1. The Labute approximate surface area is 129 Å². The molecule has 0 atom stereocenters. The second kappa shape index (κ2) is 5.33. The average molecular weight is 355 g/mol. The summed E-state index contributed by atoms with van der Waals surface area (Å²) in [6.45, 7) is 0.147. The molecule has 0 N–H and O–H groups in total. The summed E-state index contributed by atoms with van der Waals surface area (Å²) in [5, 5.41) is 1.82. The molecule has 1 fully saturated rings. The second-order valence-corrected chi connectivity index (χ2v) is 6.12. The van der Waals surface area contributed by atoms with Gasteiger partial charge in [0.25, 0.3) is 11.8 Å². The van der Waals surface area contributed by atoms with Gasteiger partial charge < -0.3 is 4.90 Å². The van der Waals surface area contributed by atoms with Crippen molar-refractivity contribution in [3.63, 3.8) is 0 Å². The van der Waals surface area contributed by atoms with Crippen LogP contribution in [-0.4, -0.2) is 34.8 Å². The third kappa shape index (κ3) is 3.05. The zero-order chi connectivity index (χ0) is 15.0. The quantitative estimate of drug-likeness (QED) is 0.778. The van der Waals surface area contributed by atoms with Crippen molar-refractivity contribution in [2.24, 2.45) is 0 Å². The number of halogens is 3. The minimum atomic E-state index is -2.65. The van der Waals surface area contributed by atoms with Gasteiger partial charge in [0.15, 0.2) is 0 Å². The number of hydrogen-bond donors (Lipinski definition) is 0. The summed E-state index contributed by atoms with van der Waals surface area (Å²) in [6, 6.07) is 7.41. The van der Waals surface area contributed by atoms with Gasteiger partial charge in [0.2, 0.25) is 0 Å². The predicted molar refractivity (Wildman–Crippen MR) is 79.5 cm³/mol. The molecule has 0 unspecified atom stereocenters. The monoisotopic (exact) mass is 354 g/mol. The largest absolute Gasteiger partial charge is 0.337 e. The SMILES string of the molecule is O=C(c1cc2cc(Br)ccc2cn1)N1CCC(F)(F)CC1. The van der Waals surface area contributed by atoms with Crippen LogP contribution in [0.4, 0.5) is 8.78 Å². The Hall–Kier alpha value is -1.56. The van der Waals surface area contributed by atoms with Crippen LogP contribution in [0.15, 0.2) is 34.9 Å². The number of carbonyl (C=O) groups excluding carboxylic acids is 1. The Balaban J connectivity index is 1.85. The van der Waals surface area contributed by atoms with Crippen molar-refractivity contribution in [3.05, 3.63) is 40.6 Å². The second-order valence-electron chi connectivity index (χ2n) is 5.21. The molecule has 1 aromatic carbocycles. The lowest BCUT2D eigenvalue weighted by Gasteiger charge is -2.31. The van der Waals surface area contributed by atoms with Crippen LogP contribution in [0.2, 0.25) is 0 Å². The first-order valence-electron chi connectivity index (χ1n) is 6.67. The number of carbonyl (C=O) groups is 1. The van der Waals surface area contributed by atoms with Gasteiger partial charge >= 0.3 is 0 Å². The van der Waals surface area contributed by atoms with Gasteiger partial charge in [-0.15, -0.1) is 0 Å². The maximum absolute atomic E-state index is 13.1. The van der Waals surface area contributed by atoms with E-state index in [1.807, 2.05) is 18.2 Å². The zero-order valence-corrected chi connectivity index (χ0v) is 12.7. The number of hydrogen-bond acceptors (Lipinski definition) is 2. The molecule has 0 spiro atoms. The summed E-state index contributed by atoms with van der Waals surface area (Å²) in [4.78, 5) is 17.9. The van der Waals surface area contributed by atoms with Crippen LogP contribution in [0.3, 0.4) is 0 Å². The Kier molecular flexibility index (Phi) is 3.65. The third-order valence-corrected chi connectivity index (χ3v) is 4.18. The van der Waals surface area contributed by atoms with Crippen molar-refractivity contribution in [2.45, 2.75) is 18.8 Å². The van der Waals surface area contributed by atoms with Gasteiger partial charge in [-0.3, -0.25) is 9.78 Å². The molecule has 1 aromatic heterocycles. The Morgan fingerprint density at radius 2 is 1.90 bits per heavy atom. The topological polar surface area (TPSA) is 33.2 Å². The number of likely N-dealkylation sites (tertiary alicyclic amines) is 1. The van der Waals surface area contributed by atoms with Crippen molar-refractivity contribution in [1.29, 1.82) is 0 Å². The fourth-order valence-corrected chi connectivity index (χ4v) is 2.81. The molecular weight excluding hydrogens is 342 g/mol. The van der Waals surface area contributed by atoms with E-state index in [1.165, 1.54) is 4.90 Å². The average Bonchev–Trinajstić information content (AvgIpc) is 2.45. The summed E-state index contributed by atoms with van der Waals surface area (Å²) < 4.78 is 27.2. The van der Waals surface area contributed by atoms with E-state index in [9.17, 15) is 13.6 Å². The molecule has 0 aliphatic carbocycles. The van der Waals surface area contributed by atoms with Crippen LogP contribution in [0.1, 0.15) is 23.3 Å². The lowest BCUT2D eigenvalue weighted by molar-refractivity contribution is -0.0495. The highest BCUT2D eigenvalue weighted by Crippen LogP contribution is 2.28. The van der Waals surface area contributed by atoms with Gasteiger partial charge in [-0.2, -0.15) is 0 Å². The van der Waals surface area contributed by atoms with Gasteiger partial charge in [-0.05, 0) is 23.6 Å². The van der Waals surface area contributed by atoms with Crippen molar-refractivity contribution < 1.29 is 13.6 Å². The zero-order valence-electron chi connectivity index (χ0n) is 11.2. The molecule has 110 valence electrons. The smallest absolute Gasteiger partial charge is 0.272 e. The lowest BCUT2D eigenvalue weighted by Crippen LogP contribution is -2.42. The fourth-order valence-electron chi connectivity index (χ4n) is 2.43. The molecule has 21 heavy (non-hydrogen) atoms. The van der Waals surface area contributed by atoms with E-state index >= 15 is 0 Å². The molecule has 6 heteroatoms. The van der Waals surface area contributed by atoms with Crippen molar-refractivity contribution >= 4 is 32.6 Å². The highest BCUT2D eigenvalue weighted by Gasteiger charge is 2.36. The molecule has 3 rings (SSSR count). The minimum absolute atomic E-state index is 0.0734. The number of piperidine rings is 1. The molecule has 0 bridgehead atoms. The molecule has 2 aromatic rings. The summed E-state index contributed by atoms with van der Waals surface area (Å²) in [5.41, 5.74) is 0.297. The van der Waals surface area contributed by atoms with E-state index in [1.54, 1.807) is 12.3 Å². The fraction of sp³-hybridized carbons (Fsp3) is 0.333. The molecule has 1 aliphatic rings. The standard InChI is InChI=1S/C15H13BrF2N2O/c16-12-2-1-10-9-19-13(8-11(10)7-12)14(21)20-5-3-15(17,18)4-6-20/h1-2,7-9H,3-6H2. The predicted octanol–water partition coefficient (Wildman–Crippen LogP) is 3.87. The number of alkyl halides is 2. The highest BCUT2D eigenvalue weighted by molar-refractivity contribution is 9.10. The van der Waals surface area contributed by atoms with Crippen molar-refractivity contribution in [3.8, 4) is 0 Å². The first kappa shape index (κ1) is 14.4. The Morgan fingerprint density at radius 1 is 1.19 bits per heavy atom. The van der Waals surface area contributed by atoms with Gasteiger partial charge in [0, 0.05) is 42.0 Å². The number of benzene rings is 1. The normalized spacial score (nSPS) is 18.0. The Morgan fingerprint density at radius 3 is 2.62 bits per heavy atom. The van der Waals surface area contributed by atoms with E-state index in [0.29, 0.717) is 5.69 Å². The number of pyridine rings is 1. The lowest BCUT2D eigenvalue weighted by atomic mass is 10.1. The van der Waals surface area contributed by atoms with Gasteiger partial charge in [0.1, 0.15) is 5.69 Å². The molecule has 0 radical (unpaired) electrons. The van der Waals surface area contributed by atoms with Crippen LogP contribution in [0.5, 0.6) is 0 Å². The first-order valence-corrected chi connectivity index (χ1v) is 7.46. The van der Waals surface area contributed by atoms with Crippen LogP contribution in [0, 0.1) is 0 Å². The van der Waals surface area contributed by atoms with Crippen LogP contribution < -0.4 is 0 Å². The Bertz CT molecular complexity index is 695. The van der Waals surface area contributed by atoms with Crippen molar-refractivity contribution in [1.82, 2.24) is 9.88 Å². The number of nitrogens with zero attached hydrogens (tertiary/aromatic N) is 2. The maximum atomic E-state index is 13.1. The summed E-state index contributed by atoms with van der Waals surface area (Å²) in [7, 11) is 0. The molecule has 1 saturated heterocycles. The molecular formula is C15H13BrF2N2O. The van der Waals surface area contributed by atoms with Crippen LogP contribution in [0.25, 0.3) is 10.8 Å². The van der Waals surface area contributed by atoms with E-state index in [-0.39, 0.29) is 31.8 Å². The number of amides is 1. The van der Waals surface area contributed by atoms with Gasteiger partial charge in [-0.1, -0.05) is 22.0 Å². The molecule has 0 saturated carbocycles. The molecule has 2 heterocycles. The van der Waals surface area contributed by atoms with Crippen LogP contribution >= 0.6 is 15.9 Å². The maximum Gasteiger partial charge on any atom is 0.272 e. The van der Waals surface area contributed by atoms with Gasteiger partial charge in [0.05, 0.1) is 0 Å². The van der Waals surface area contributed by atoms with E-state index < -0.39 is 5.92 Å². The number of rotatable bonds is 1. The van der Waals surface area contributed by atoms with Gasteiger partial charge in [-0.25, -0.2) is 8.78 Å². The first-order chi connectivity index (χ1) is 9.94. The number of aromatic nitrogens is 1. The van der Waals surface area contributed by atoms with Crippen molar-refractivity contribution in [2.75, 3.05) is 13.1 Å². The summed E-state index contributed by atoms with van der Waals surface area (Å²) >= 11 is 3.38. The summed E-state index contributed by atoms with van der Waals surface area (Å²) in [5.74, 6) is -2.94. The van der Waals surface area contributed by atoms with Crippen LogP contribution in [-0.2, 0) is 0 Å². The molecule has 1 aliphatic heterocycles. The molecule has 3 nitrogen and oxygen atoms in total. The molecule has 1 amide bonds. The third-order valence-electron chi connectivity index (χ3n) is 3.69.